The average Bonchev–Trinajstić information content (AvgIpc) is 2.00. The lowest BCUT2D eigenvalue weighted by Crippen LogP contribution is -2.28. The molecule has 1 heteroatoms. The highest BCUT2D eigenvalue weighted by Crippen LogP contribution is 2.16. The predicted molar refractivity (Wildman–Crippen MR) is 56.5 cm³/mol. The van der Waals surface area contributed by atoms with Gasteiger partial charge in [0.1, 0.15) is 0 Å². The first-order chi connectivity index (χ1) is 5.61. The minimum absolute atomic E-state index is 0.784. The molecule has 0 aromatic carbocycles. The van der Waals surface area contributed by atoms with E-state index in [2.05, 4.69) is 39.8 Å². The van der Waals surface area contributed by atoms with E-state index >= 15 is 0 Å². The summed E-state index contributed by atoms with van der Waals surface area (Å²) in [6, 6.07) is 0.784. The first-order valence-corrected chi connectivity index (χ1v) is 5.28. The molecule has 74 valence electrons. The van der Waals surface area contributed by atoms with Gasteiger partial charge in [0.25, 0.3) is 0 Å². The molecule has 1 nitrogen and oxygen atoms in total. The Morgan fingerprint density at radius 1 is 1.17 bits per heavy atom. The smallest absolute Gasteiger partial charge is 0.00890 e. The van der Waals surface area contributed by atoms with E-state index in [-0.39, 0.29) is 0 Å². The lowest BCUT2D eigenvalue weighted by Gasteiger charge is -2.25. The largest absolute Gasteiger partial charge is 0.306 e. The van der Waals surface area contributed by atoms with E-state index in [1.807, 2.05) is 0 Å². The number of hydrogen-bond acceptors (Lipinski definition) is 1. The normalized spacial score (nSPS) is 16.5. The van der Waals surface area contributed by atoms with Crippen molar-refractivity contribution in [1.82, 2.24) is 4.90 Å². The molecular formula is C11H25N. The van der Waals surface area contributed by atoms with E-state index in [4.69, 9.17) is 0 Å². The molecule has 0 aliphatic heterocycles. The second-order valence-electron chi connectivity index (χ2n) is 4.16. The van der Waals surface area contributed by atoms with Crippen LogP contribution in [0.4, 0.5) is 0 Å². The highest BCUT2D eigenvalue weighted by atomic mass is 15.1. The molecule has 0 N–H and O–H groups in total. The van der Waals surface area contributed by atoms with Crippen LogP contribution in [-0.2, 0) is 0 Å². The fourth-order valence-corrected chi connectivity index (χ4v) is 1.82. The van der Waals surface area contributed by atoms with Gasteiger partial charge in [-0.3, -0.25) is 0 Å². The maximum atomic E-state index is 2.37. The molecule has 0 radical (unpaired) electrons. The zero-order valence-electron chi connectivity index (χ0n) is 9.43. The van der Waals surface area contributed by atoms with Crippen LogP contribution >= 0.6 is 0 Å². The van der Waals surface area contributed by atoms with Gasteiger partial charge in [-0.2, -0.15) is 0 Å². The molecule has 0 spiro atoms. The fourth-order valence-electron chi connectivity index (χ4n) is 1.82. The van der Waals surface area contributed by atoms with Crippen LogP contribution in [0.2, 0.25) is 0 Å². The molecule has 0 aromatic rings. The van der Waals surface area contributed by atoms with Crippen molar-refractivity contribution in [2.45, 2.75) is 52.5 Å². The van der Waals surface area contributed by atoms with Crippen molar-refractivity contribution in [3.05, 3.63) is 0 Å². The summed E-state index contributed by atoms with van der Waals surface area (Å²) in [5.41, 5.74) is 0. The number of hydrogen-bond donors (Lipinski definition) is 0. The van der Waals surface area contributed by atoms with Gasteiger partial charge in [0.15, 0.2) is 0 Å². The van der Waals surface area contributed by atoms with Gasteiger partial charge >= 0.3 is 0 Å². The van der Waals surface area contributed by atoms with Crippen LogP contribution in [0.1, 0.15) is 46.5 Å². The van der Waals surface area contributed by atoms with E-state index in [9.17, 15) is 0 Å². The Morgan fingerprint density at radius 2 is 1.75 bits per heavy atom. The summed E-state index contributed by atoms with van der Waals surface area (Å²) < 4.78 is 0. The maximum absolute atomic E-state index is 2.37. The van der Waals surface area contributed by atoms with Gasteiger partial charge in [-0.25, -0.2) is 0 Å². The van der Waals surface area contributed by atoms with Crippen molar-refractivity contribution in [2.24, 2.45) is 5.92 Å². The monoisotopic (exact) mass is 171 g/mol. The standard InChI is InChI=1S/C11H25N/c1-6-8-10(3)9-11(7-2)12(4)5/h10-11H,6-9H2,1-5H3/t10?,11-/m1/s1. The first kappa shape index (κ1) is 12.0. The van der Waals surface area contributed by atoms with Crippen LogP contribution < -0.4 is 0 Å². The Balaban J connectivity index is 3.69. The summed E-state index contributed by atoms with van der Waals surface area (Å²) >= 11 is 0. The Labute approximate surface area is 78.1 Å². The van der Waals surface area contributed by atoms with Gasteiger partial charge < -0.3 is 4.90 Å². The van der Waals surface area contributed by atoms with Crippen LogP contribution in [0.3, 0.4) is 0 Å². The van der Waals surface area contributed by atoms with Gasteiger partial charge in [0.05, 0.1) is 0 Å². The molecule has 0 bridgehead atoms. The van der Waals surface area contributed by atoms with Crippen LogP contribution in [-0.4, -0.2) is 25.0 Å². The number of rotatable bonds is 6. The molecule has 0 saturated carbocycles. The SMILES string of the molecule is CCCC(C)C[C@@H](CC)N(C)C. The molecule has 1 unspecified atom stereocenters. The maximum Gasteiger partial charge on any atom is 0.00890 e. The van der Waals surface area contributed by atoms with Crippen LogP contribution in [0.15, 0.2) is 0 Å². The second-order valence-corrected chi connectivity index (χ2v) is 4.16. The highest BCUT2D eigenvalue weighted by molar-refractivity contribution is 4.67. The molecule has 0 saturated heterocycles. The van der Waals surface area contributed by atoms with E-state index in [0.717, 1.165) is 12.0 Å². The van der Waals surface area contributed by atoms with E-state index in [0.29, 0.717) is 0 Å². The Kier molecular flexibility index (Phi) is 6.45. The second kappa shape index (κ2) is 6.47. The van der Waals surface area contributed by atoms with Crippen LogP contribution in [0, 0.1) is 5.92 Å². The lowest BCUT2D eigenvalue weighted by molar-refractivity contribution is 0.238. The van der Waals surface area contributed by atoms with Crippen molar-refractivity contribution >= 4 is 0 Å². The van der Waals surface area contributed by atoms with Gasteiger partial charge in [-0.1, -0.05) is 33.6 Å². The molecular weight excluding hydrogens is 146 g/mol. The van der Waals surface area contributed by atoms with Crippen molar-refractivity contribution in [2.75, 3.05) is 14.1 Å². The van der Waals surface area contributed by atoms with Gasteiger partial charge in [-0.05, 0) is 32.9 Å². The van der Waals surface area contributed by atoms with E-state index < -0.39 is 0 Å². The Hall–Kier alpha value is -0.0400. The summed E-state index contributed by atoms with van der Waals surface area (Å²) in [6.45, 7) is 6.92. The van der Waals surface area contributed by atoms with E-state index in [1.54, 1.807) is 0 Å². The molecule has 0 heterocycles. The quantitative estimate of drug-likeness (QED) is 0.593. The topological polar surface area (TPSA) is 3.24 Å². The van der Waals surface area contributed by atoms with Crippen molar-refractivity contribution in [1.29, 1.82) is 0 Å². The van der Waals surface area contributed by atoms with Crippen molar-refractivity contribution < 1.29 is 0 Å². The Bertz CT molecular complexity index is 99.2. The first-order valence-electron chi connectivity index (χ1n) is 5.28. The summed E-state index contributed by atoms with van der Waals surface area (Å²) in [5.74, 6) is 0.891. The molecule has 0 aromatic heterocycles. The molecule has 0 aliphatic carbocycles. The molecule has 0 rings (SSSR count). The zero-order valence-corrected chi connectivity index (χ0v) is 9.43. The van der Waals surface area contributed by atoms with Crippen LogP contribution in [0.5, 0.6) is 0 Å². The fraction of sp³-hybridized carbons (Fsp3) is 1.00. The zero-order chi connectivity index (χ0) is 9.56. The van der Waals surface area contributed by atoms with Crippen molar-refractivity contribution in [3.8, 4) is 0 Å². The third-order valence-electron chi connectivity index (χ3n) is 2.66. The minimum Gasteiger partial charge on any atom is -0.306 e. The summed E-state index contributed by atoms with van der Waals surface area (Å²) in [7, 11) is 4.37. The summed E-state index contributed by atoms with van der Waals surface area (Å²) in [5, 5.41) is 0. The summed E-state index contributed by atoms with van der Waals surface area (Å²) in [6.07, 6.45) is 5.34. The molecule has 0 aliphatic rings. The van der Waals surface area contributed by atoms with Gasteiger partial charge in [0.2, 0.25) is 0 Å². The highest BCUT2D eigenvalue weighted by Gasteiger charge is 2.12. The lowest BCUT2D eigenvalue weighted by atomic mass is 9.95. The van der Waals surface area contributed by atoms with Crippen LogP contribution in [0.25, 0.3) is 0 Å². The third-order valence-corrected chi connectivity index (χ3v) is 2.66. The Morgan fingerprint density at radius 3 is 2.08 bits per heavy atom. The van der Waals surface area contributed by atoms with Gasteiger partial charge in [-0.15, -0.1) is 0 Å². The molecule has 2 atom stereocenters. The predicted octanol–water partition coefficient (Wildman–Crippen LogP) is 3.15. The molecule has 0 fully saturated rings. The average molecular weight is 171 g/mol. The minimum atomic E-state index is 0.784. The summed E-state index contributed by atoms with van der Waals surface area (Å²) in [4.78, 5) is 2.35. The molecule has 12 heavy (non-hydrogen) atoms. The van der Waals surface area contributed by atoms with Crippen molar-refractivity contribution in [3.63, 3.8) is 0 Å². The molecule has 0 amide bonds. The van der Waals surface area contributed by atoms with E-state index in [1.165, 1.54) is 25.7 Å². The number of nitrogens with zero attached hydrogens (tertiary/aromatic N) is 1. The van der Waals surface area contributed by atoms with Gasteiger partial charge in [0, 0.05) is 6.04 Å². The third kappa shape index (κ3) is 4.76.